The lowest BCUT2D eigenvalue weighted by Crippen LogP contribution is -2.62. The highest BCUT2D eigenvalue weighted by atomic mass is 16.7. The lowest BCUT2D eigenvalue weighted by molar-refractivity contribution is -0.326. The van der Waals surface area contributed by atoms with Crippen LogP contribution in [-0.4, -0.2) is 106 Å². The molecule has 0 aliphatic carbocycles. The molecule has 2 aromatic carbocycles. The summed E-state index contributed by atoms with van der Waals surface area (Å²) in [4.78, 5) is 12.7. The fourth-order valence-electron chi connectivity index (χ4n) is 4.33. The molecule has 2 aliphatic rings. The van der Waals surface area contributed by atoms with Gasteiger partial charge in [-0.2, -0.15) is 0 Å². The van der Waals surface area contributed by atoms with Gasteiger partial charge in [0.25, 0.3) is 0 Å². The molecule has 212 valence electrons. The molecule has 0 saturated carbocycles. The van der Waals surface area contributed by atoms with E-state index in [4.69, 9.17) is 23.7 Å². The van der Waals surface area contributed by atoms with Crippen LogP contribution in [0, 0.1) is 0 Å². The second-order valence-corrected chi connectivity index (χ2v) is 9.42. The molecule has 2 aromatic rings. The highest BCUT2D eigenvalue weighted by Gasteiger charge is 2.49. The zero-order valence-corrected chi connectivity index (χ0v) is 21.3. The number of carbonyl (C=O) groups excluding carboxylic acids is 1. The van der Waals surface area contributed by atoms with Crippen LogP contribution >= 0.6 is 0 Å². The maximum atomic E-state index is 12.7. The molecule has 2 fully saturated rings. The number of carbonyl (C=O) groups is 1. The number of aliphatic hydroxyl groups is 5. The standard InChI is InChI=1S/C28H34O11/c1-16-20(29)21(30)23(32)28(37-16)36-15-19-25(39-26(34)18-12-6-3-7-13-18)22(31)24(33)27(38-19)35-14-8-11-17-9-4-2-5-10-17/h2-13,16,19-25,27-33H,14-15H2,1H3/t16-,19+,20-,21+,22+,23+,24+,25+,27+,28+/m0/s1. The zero-order valence-electron chi connectivity index (χ0n) is 21.3. The molecule has 11 heteroatoms. The van der Waals surface area contributed by atoms with Crippen LogP contribution in [0.1, 0.15) is 22.8 Å². The molecule has 11 nitrogen and oxygen atoms in total. The number of hydrogen-bond acceptors (Lipinski definition) is 11. The first-order valence-corrected chi connectivity index (χ1v) is 12.7. The Hall–Kier alpha value is -2.71. The highest BCUT2D eigenvalue weighted by molar-refractivity contribution is 5.89. The van der Waals surface area contributed by atoms with Crippen molar-refractivity contribution in [1.29, 1.82) is 0 Å². The summed E-state index contributed by atoms with van der Waals surface area (Å²) in [6.07, 6.45) is -10.1. The van der Waals surface area contributed by atoms with E-state index >= 15 is 0 Å². The van der Waals surface area contributed by atoms with Gasteiger partial charge in [-0.15, -0.1) is 0 Å². The molecule has 0 amide bonds. The molecule has 10 atom stereocenters. The van der Waals surface area contributed by atoms with Crippen LogP contribution in [-0.2, 0) is 23.7 Å². The molecule has 2 heterocycles. The van der Waals surface area contributed by atoms with E-state index in [2.05, 4.69) is 0 Å². The third-order valence-corrected chi connectivity index (χ3v) is 6.59. The molecule has 0 radical (unpaired) electrons. The molecule has 0 spiro atoms. The van der Waals surface area contributed by atoms with Gasteiger partial charge in [-0.1, -0.05) is 60.7 Å². The molecular weight excluding hydrogens is 512 g/mol. The van der Waals surface area contributed by atoms with E-state index < -0.39 is 67.4 Å². The zero-order chi connectivity index (χ0) is 27.9. The predicted molar refractivity (Wildman–Crippen MR) is 136 cm³/mol. The number of ether oxygens (including phenoxy) is 5. The van der Waals surface area contributed by atoms with Gasteiger partial charge in [0.2, 0.25) is 0 Å². The van der Waals surface area contributed by atoms with Crippen molar-refractivity contribution in [3.05, 3.63) is 77.9 Å². The average molecular weight is 547 g/mol. The van der Waals surface area contributed by atoms with Crippen molar-refractivity contribution in [2.24, 2.45) is 0 Å². The summed E-state index contributed by atoms with van der Waals surface area (Å²) >= 11 is 0. The summed E-state index contributed by atoms with van der Waals surface area (Å²) in [5.74, 6) is -0.758. The summed E-state index contributed by atoms with van der Waals surface area (Å²) in [6, 6.07) is 17.6. The SMILES string of the molecule is C[C@@H]1O[C@@H](OC[C@H]2O[C@@H](OCC=Cc3ccccc3)[C@H](O)[C@@H](O)[C@@H]2OC(=O)c2ccccc2)[C@H](O)[C@H](O)[C@H]1O. The summed E-state index contributed by atoms with van der Waals surface area (Å²) in [5.41, 5.74) is 1.17. The Balaban J connectivity index is 1.45. The number of rotatable bonds is 9. The smallest absolute Gasteiger partial charge is 0.338 e. The Bertz CT molecular complexity index is 1070. The maximum absolute atomic E-state index is 12.7. The maximum Gasteiger partial charge on any atom is 0.338 e. The van der Waals surface area contributed by atoms with Crippen LogP contribution in [0.25, 0.3) is 6.08 Å². The number of esters is 1. The molecule has 0 bridgehead atoms. The largest absolute Gasteiger partial charge is 0.453 e. The second kappa shape index (κ2) is 13.6. The van der Waals surface area contributed by atoms with Crippen LogP contribution < -0.4 is 0 Å². The van der Waals surface area contributed by atoms with Gasteiger partial charge >= 0.3 is 5.97 Å². The van der Waals surface area contributed by atoms with Gasteiger partial charge in [0, 0.05) is 0 Å². The number of benzene rings is 2. The fraction of sp³-hybridized carbons (Fsp3) is 0.464. The molecule has 39 heavy (non-hydrogen) atoms. The normalized spacial score (nSPS) is 35.1. The molecular formula is C28H34O11. The molecule has 5 N–H and O–H groups in total. The van der Waals surface area contributed by atoms with Crippen LogP contribution in [0.3, 0.4) is 0 Å². The van der Waals surface area contributed by atoms with Gasteiger partial charge in [-0.25, -0.2) is 4.79 Å². The molecule has 0 unspecified atom stereocenters. The highest BCUT2D eigenvalue weighted by Crippen LogP contribution is 2.28. The van der Waals surface area contributed by atoms with Gasteiger partial charge in [0.1, 0.15) is 36.6 Å². The summed E-state index contributed by atoms with van der Waals surface area (Å²) < 4.78 is 28.1. The minimum absolute atomic E-state index is 0.0391. The van der Waals surface area contributed by atoms with E-state index in [0.717, 1.165) is 5.56 Å². The van der Waals surface area contributed by atoms with Crippen LogP contribution in [0.5, 0.6) is 0 Å². The van der Waals surface area contributed by atoms with Crippen molar-refractivity contribution in [3.8, 4) is 0 Å². The third-order valence-electron chi connectivity index (χ3n) is 6.59. The third kappa shape index (κ3) is 7.28. The van der Waals surface area contributed by atoms with Gasteiger partial charge < -0.3 is 49.2 Å². The van der Waals surface area contributed by atoms with Gasteiger partial charge in [-0.05, 0) is 24.6 Å². The fourth-order valence-corrected chi connectivity index (χ4v) is 4.33. The van der Waals surface area contributed by atoms with Crippen molar-refractivity contribution in [1.82, 2.24) is 0 Å². The topological polar surface area (TPSA) is 164 Å². The van der Waals surface area contributed by atoms with Crippen molar-refractivity contribution < 1.29 is 54.0 Å². The second-order valence-electron chi connectivity index (χ2n) is 9.42. The van der Waals surface area contributed by atoms with Crippen molar-refractivity contribution in [2.45, 2.75) is 68.3 Å². The van der Waals surface area contributed by atoms with E-state index in [0.29, 0.717) is 0 Å². The lowest BCUT2D eigenvalue weighted by atomic mass is 9.98. The monoisotopic (exact) mass is 546 g/mol. The lowest BCUT2D eigenvalue weighted by Gasteiger charge is -2.43. The quantitative estimate of drug-likeness (QED) is 0.274. The van der Waals surface area contributed by atoms with Gasteiger partial charge in [0.15, 0.2) is 18.7 Å². The van der Waals surface area contributed by atoms with Gasteiger partial charge in [-0.3, -0.25) is 0 Å². The first-order valence-electron chi connectivity index (χ1n) is 12.7. The van der Waals surface area contributed by atoms with E-state index in [1.807, 2.05) is 36.4 Å². The van der Waals surface area contributed by atoms with Crippen molar-refractivity contribution >= 4 is 12.0 Å². The Morgan fingerprint density at radius 3 is 2.10 bits per heavy atom. The van der Waals surface area contributed by atoms with Gasteiger partial charge in [0.05, 0.1) is 24.9 Å². The Morgan fingerprint density at radius 2 is 1.41 bits per heavy atom. The first kappa shape index (κ1) is 29.3. The Morgan fingerprint density at radius 1 is 0.795 bits per heavy atom. The molecule has 2 saturated heterocycles. The Kier molecular flexibility index (Phi) is 10.2. The van der Waals surface area contributed by atoms with E-state index in [1.165, 1.54) is 19.1 Å². The first-order chi connectivity index (χ1) is 18.8. The summed E-state index contributed by atoms with van der Waals surface area (Å²) in [5, 5.41) is 51.9. The van der Waals surface area contributed by atoms with Crippen molar-refractivity contribution in [2.75, 3.05) is 13.2 Å². The molecule has 4 rings (SSSR count). The van der Waals surface area contributed by atoms with E-state index in [-0.39, 0.29) is 18.8 Å². The molecule has 0 aromatic heterocycles. The number of hydrogen-bond donors (Lipinski definition) is 5. The van der Waals surface area contributed by atoms with Crippen LogP contribution in [0.4, 0.5) is 0 Å². The van der Waals surface area contributed by atoms with Crippen LogP contribution in [0.15, 0.2) is 66.7 Å². The average Bonchev–Trinajstić information content (AvgIpc) is 2.96. The van der Waals surface area contributed by atoms with E-state index in [1.54, 1.807) is 24.3 Å². The predicted octanol–water partition coefficient (Wildman–Crippen LogP) is 0.233. The van der Waals surface area contributed by atoms with E-state index in [9.17, 15) is 30.3 Å². The van der Waals surface area contributed by atoms with Crippen molar-refractivity contribution in [3.63, 3.8) is 0 Å². The minimum Gasteiger partial charge on any atom is -0.453 e. The Labute approximate surface area is 225 Å². The summed E-state index contributed by atoms with van der Waals surface area (Å²) in [7, 11) is 0. The van der Waals surface area contributed by atoms with Crippen LogP contribution in [0.2, 0.25) is 0 Å². The molecule has 2 aliphatic heterocycles. The number of aliphatic hydroxyl groups excluding tert-OH is 5. The minimum atomic E-state index is -1.60. The summed E-state index contributed by atoms with van der Waals surface area (Å²) in [6.45, 7) is 1.16.